The first-order valence-corrected chi connectivity index (χ1v) is 8.59. The van der Waals surface area contributed by atoms with E-state index >= 15 is 0 Å². The number of hydrogen-bond acceptors (Lipinski definition) is 3. The van der Waals surface area contributed by atoms with E-state index in [-0.39, 0.29) is 11.7 Å². The van der Waals surface area contributed by atoms with Crippen LogP contribution in [0.4, 0.5) is 0 Å². The molecule has 3 rings (SSSR count). The maximum absolute atomic E-state index is 11.8. The van der Waals surface area contributed by atoms with E-state index in [2.05, 4.69) is 50.1 Å². The van der Waals surface area contributed by atoms with Gasteiger partial charge in [-0.15, -0.1) is 0 Å². The van der Waals surface area contributed by atoms with Crippen LogP contribution in [0.3, 0.4) is 0 Å². The quantitative estimate of drug-likeness (QED) is 0.517. The topological polar surface area (TPSA) is 59.5 Å². The predicted molar refractivity (Wildman–Crippen MR) is 101 cm³/mol. The number of furan rings is 1. The van der Waals surface area contributed by atoms with Gasteiger partial charge in [-0.3, -0.25) is 4.79 Å². The number of aryl methyl sites for hydroxylation is 2. The summed E-state index contributed by atoms with van der Waals surface area (Å²) in [6, 6.07) is 11.5. The maximum atomic E-state index is 11.8. The molecule has 0 aliphatic rings. The fourth-order valence-electron chi connectivity index (χ4n) is 2.71. The van der Waals surface area contributed by atoms with Gasteiger partial charge in [0, 0.05) is 27.1 Å². The second kappa shape index (κ2) is 7.11. The molecule has 0 unspecified atom stereocenters. The normalized spacial score (nSPS) is 11.2. The molecule has 0 aliphatic carbocycles. The lowest BCUT2D eigenvalue weighted by Gasteiger charge is -2.11. The van der Waals surface area contributed by atoms with Crippen molar-refractivity contribution in [2.75, 3.05) is 0 Å². The van der Waals surface area contributed by atoms with Crippen LogP contribution in [0.1, 0.15) is 33.1 Å². The van der Waals surface area contributed by atoms with Gasteiger partial charge in [-0.25, -0.2) is 5.43 Å². The number of carbonyl (C=O) groups is 1. The number of rotatable bonds is 4. The van der Waals surface area contributed by atoms with Crippen LogP contribution in [-0.2, 0) is 0 Å². The second-order valence-electron chi connectivity index (χ2n) is 5.77. The zero-order valence-electron chi connectivity index (χ0n) is 14.2. The van der Waals surface area contributed by atoms with Gasteiger partial charge in [-0.05, 0) is 62.7 Å². The van der Waals surface area contributed by atoms with Crippen molar-refractivity contribution >= 4 is 28.1 Å². The van der Waals surface area contributed by atoms with E-state index in [4.69, 9.17) is 4.42 Å². The Morgan fingerprint density at radius 1 is 1.24 bits per heavy atom. The minimum absolute atomic E-state index is 0.230. The van der Waals surface area contributed by atoms with Crippen LogP contribution in [-0.4, -0.2) is 16.7 Å². The Hall–Kier alpha value is -2.60. The molecule has 3 aromatic rings. The Balaban J connectivity index is 1.83. The molecule has 2 heterocycles. The molecule has 1 amide bonds. The van der Waals surface area contributed by atoms with Gasteiger partial charge >= 0.3 is 5.91 Å². The van der Waals surface area contributed by atoms with Crippen LogP contribution in [0.5, 0.6) is 0 Å². The third-order valence-corrected chi connectivity index (χ3v) is 4.87. The van der Waals surface area contributed by atoms with Gasteiger partial charge in [0.05, 0.1) is 12.5 Å². The highest BCUT2D eigenvalue weighted by molar-refractivity contribution is 9.10. The molecule has 2 aromatic heterocycles. The Bertz CT molecular complexity index is 940. The minimum atomic E-state index is -0.376. The third-order valence-electron chi connectivity index (χ3n) is 3.98. The van der Waals surface area contributed by atoms with E-state index in [0.717, 1.165) is 27.1 Å². The van der Waals surface area contributed by atoms with Crippen molar-refractivity contribution in [2.45, 2.75) is 20.8 Å². The first-order chi connectivity index (χ1) is 12.0. The van der Waals surface area contributed by atoms with Crippen LogP contribution in [0.25, 0.3) is 5.69 Å². The molecule has 128 valence electrons. The first-order valence-electron chi connectivity index (χ1n) is 7.79. The number of carbonyl (C=O) groups excluding carboxylic acids is 1. The summed E-state index contributed by atoms with van der Waals surface area (Å²) >= 11 is 3.53. The molecule has 5 nitrogen and oxygen atoms in total. The van der Waals surface area contributed by atoms with Gasteiger partial charge in [0.25, 0.3) is 0 Å². The molecule has 1 aromatic carbocycles. The van der Waals surface area contributed by atoms with Gasteiger partial charge in [0.15, 0.2) is 5.76 Å². The van der Waals surface area contributed by atoms with E-state index in [0.29, 0.717) is 0 Å². The summed E-state index contributed by atoms with van der Waals surface area (Å²) in [5.74, 6) is -0.147. The van der Waals surface area contributed by atoms with Gasteiger partial charge in [0.2, 0.25) is 0 Å². The lowest BCUT2D eigenvalue weighted by atomic mass is 10.2. The van der Waals surface area contributed by atoms with E-state index in [1.165, 1.54) is 11.8 Å². The van der Waals surface area contributed by atoms with Crippen LogP contribution in [0, 0.1) is 20.8 Å². The van der Waals surface area contributed by atoms with Gasteiger partial charge in [-0.2, -0.15) is 5.10 Å². The van der Waals surface area contributed by atoms with Crippen LogP contribution >= 0.6 is 15.9 Å². The predicted octanol–water partition coefficient (Wildman–Crippen LogP) is 4.52. The highest BCUT2D eigenvalue weighted by Crippen LogP contribution is 2.24. The minimum Gasteiger partial charge on any atom is -0.459 e. The smallest absolute Gasteiger partial charge is 0.307 e. The van der Waals surface area contributed by atoms with Crippen molar-refractivity contribution in [3.05, 3.63) is 75.4 Å². The first kappa shape index (κ1) is 17.2. The molecule has 0 atom stereocenters. The van der Waals surface area contributed by atoms with Gasteiger partial charge in [0.1, 0.15) is 0 Å². The molecular formula is C19H18BrN3O2. The Kier molecular flexibility index (Phi) is 4.90. The summed E-state index contributed by atoms with van der Waals surface area (Å²) in [6.45, 7) is 6.14. The molecular weight excluding hydrogens is 382 g/mol. The monoisotopic (exact) mass is 399 g/mol. The summed E-state index contributed by atoms with van der Waals surface area (Å²) in [5, 5.41) is 4.03. The van der Waals surface area contributed by atoms with E-state index in [1.807, 2.05) is 26.0 Å². The number of nitrogens with zero attached hydrogens (tertiary/aromatic N) is 2. The number of amides is 1. The Morgan fingerprint density at radius 2 is 2.04 bits per heavy atom. The van der Waals surface area contributed by atoms with E-state index in [1.54, 1.807) is 18.3 Å². The summed E-state index contributed by atoms with van der Waals surface area (Å²) in [5.41, 5.74) is 7.82. The molecule has 1 N–H and O–H groups in total. The van der Waals surface area contributed by atoms with Crippen molar-refractivity contribution in [1.29, 1.82) is 0 Å². The average Bonchev–Trinajstić information content (AvgIpc) is 3.20. The third kappa shape index (κ3) is 3.58. The summed E-state index contributed by atoms with van der Waals surface area (Å²) < 4.78 is 8.28. The highest BCUT2D eigenvalue weighted by Gasteiger charge is 2.11. The van der Waals surface area contributed by atoms with Crippen molar-refractivity contribution < 1.29 is 9.21 Å². The molecule has 6 heteroatoms. The molecule has 0 radical (unpaired) electrons. The number of aromatic nitrogens is 1. The standard InChI is InChI=1S/C19H18BrN3O2/c1-12-9-16(6-7-17(12)20)23-13(2)10-15(14(23)3)11-21-22-19(24)18-5-4-8-25-18/h4-11H,1-3H3,(H,22,24)/b21-11-. The van der Waals surface area contributed by atoms with Crippen LogP contribution in [0.2, 0.25) is 0 Å². The fraction of sp³-hybridized carbons (Fsp3) is 0.158. The Morgan fingerprint density at radius 3 is 2.72 bits per heavy atom. The highest BCUT2D eigenvalue weighted by atomic mass is 79.9. The number of nitrogens with one attached hydrogen (secondary N) is 1. The number of benzene rings is 1. The largest absolute Gasteiger partial charge is 0.459 e. The van der Waals surface area contributed by atoms with E-state index < -0.39 is 0 Å². The van der Waals surface area contributed by atoms with Gasteiger partial charge in [-0.1, -0.05) is 15.9 Å². The summed E-state index contributed by atoms with van der Waals surface area (Å²) in [7, 11) is 0. The molecule has 0 bridgehead atoms. The molecule has 0 spiro atoms. The van der Waals surface area contributed by atoms with Gasteiger partial charge < -0.3 is 8.98 Å². The SMILES string of the molecule is Cc1cc(-n2c(C)cc(/C=N\NC(=O)c3ccco3)c2C)ccc1Br. The summed E-state index contributed by atoms with van der Waals surface area (Å²) in [4.78, 5) is 11.8. The number of hydrogen-bond donors (Lipinski definition) is 1. The summed E-state index contributed by atoms with van der Waals surface area (Å²) in [6.07, 6.45) is 3.10. The maximum Gasteiger partial charge on any atom is 0.307 e. The molecule has 0 saturated carbocycles. The lowest BCUT2D eigenvalue weighted by Crippen LogP contribution is -2.16. The van der Waals surface area contributed by atoms with Crippen molar-refractivity contribution in [3.8, 4) is 5.69 Å². The lowest BCUT2D eigenvalue weighted by molar-refractivity contribution is 0.0927. The van der Waals surface area contributed by atoms with E-state index in [9.17, 15) is 4.79 Å². The van der Waals surface area contributed by atoms with Crippen LogP contribution in [0.15, 0.2) is 56.7 Å². The van der Waals surface area contributed by atoms with Crippen LogP contribution < -0.4 is 5.43 Å². The molecule has 0 fully saturated rings. The average molecular weight is 400 g/mol. The fourth-order valence-corrected chi connectivity index (χ4v) is 2.95. The molecule has 0 aliphatic heterocycles. The zero-order valence-corrected chi connectivity index (χ0v) is 15.8. The Labute approximate surface area is 154 Å². The van der Waals surface area contributed by atoms with Crippen molar-refractivity contribution in [3.63, 3.8) is 0 Å². The van der Waals surface area contributed by atoms with Crippen molar-refractivity contribution in [1.82, 2.24) is 9.99 Å². The zero-order chi connectivity index (χ0) is 18.0. The number of hydrazone groups is 1. The molecule has 0 saturated heterocycles. The number of halogens is 1. The second-order valence-corrected chi connectivity index (χ2v) is 6.63. The van der Waals surface area contributed by atoms with Crippen molar-refractivity contribution in [2.24, 2.45) is 5.10 Å². The molecule has 25 heavy (non-hydrogen) atoms.